The number of amides is 7. The average molecular weight is 422 g/mol. The molecule has 0 aromatic heterocycles. The van der Waals surface area contributed by atoms with Crippen LogP contribution in [0.1, 0.15) is 0 Å². The van der Waals surface area contributed by atoms with E-state index in [1.165, 1.54) is 0 Å². The van der Waals surface area contributed by atoms with Crippen LogP contribution in [0.5, 0.6) is 0 Å². The normalized spacial score (nSPS) is 12.3. The molecule has 15 heteroatoms. The fourth-order valence-electron chi connectivity index (χ4n) is 1.70. The van der Waals surface area contributed by atoms with Crippen LogP contribution in [0, 0.1) is 0 Å². The number of primary amides is 2. The minimum Gasteiger partial charge on any atom is -0.394 e. The highest BCUT2D eigenvalue weighted by Crippen LogP contribution is 1.86. The number of hydrogen-bond donors (Lipinski definition) is 8. The number of rotatable bonds is 14. The number of aliphatic hydroxyl groups excluding tert-OH is 2. The molecule has 0 spiro atoms. The van der Waals surface area contributed by atoms with Gasteiger partial charge in [0.05, 0.1) is 33.0 Å². The van der Waals surface area contributed by atoms with Crippen LogP contribution in [-0.4, -0.2) is 98.3 Å². The van der Waals surface area contributed by atoms with E-state index in [9.17, 15) is 24.0 Å². The first kappa shape index (κ1) is 26.0. The van der Waals surface area contributed by atoms with E-state index in [1.807, 2.05) is 5.32 Å². The molecule has 15 nitrogen and oxygen atoms in total. The Labute approximate surface area is 165 Å². The largest absolute Gasteiger partial charge is 0.394 e. The fourth-order valence-corrected chi connectivity index (χ4v) is 1.70. The van der Waals surface area contributed by atoms with Gasteiger partial charge < -0.3 is 47.1 Å². The Morgan fingerprint density at radius 2 is 1.48 bits per heavy atom. The third-order valence-electron chi connectivity index (χ3n) is 3.05. The molecule has 0 radical (unpaired) electrons. The first-order valence-corrected chi connectivity index (χ1v) is 8.31. The topological polar surface area (TPSA) is 244 Å². The number of nitrogens with two attached hydrogens (primary N) is 2. The second kappa shape index (κ2) is 15.0. The fraction of sp³-hybridized carbons (Fsp3) is 0.643. The Bertz CT molecular complexity index is 574. The number of carbonyl (C=O) groups excluding carboxylic acids is 5. The van der Waals surface area contributed by atoms with Gasteiger partial charge in [-0.25, -0.2) is 9.59 Å². The lowest BCUT2D eigenvalue weighted by Crippen LogP contribution is -2.53. The van der Waals surface area contributed by atoms with Crippen LogP contribution in [0.25, 0.3) is 0 Å². The van der Waals surface area contributed by atoms with Gasteiger partial charge in [0.25, 0.3) is 0 Å². The monoisotopic (exact) mass is 422 g/mol. The average Bonchev–Trinajstić information content (AvgIpc) is 2.65. The molecular weight excluding hydrogens is 396 g/mol. The zero-order chi connectivity index (χ0) is 22.2. The smallest absolute Gasteiger partial charge is 0.323 e. The number of nitrogens with one attached hydrogen (secondary N) is 4. The molecule has 7 amide bonds. The first-order chi connectivity index (χ1) is 13.7. The van der Waals surface area contributed by atoms with Crippen LogP contribution in [0.4, 0.5) is 9.59 Å². The molecule has 0 bridgehead atoms. The van der Waals surface area contributed by atoms with Crippen LogP contribution in [0.2, 0.25) is 0 Å². The molecule has 0 aromatic carbocycles. The summed E-state index contributed by atoms with van der Waals surface area (Å²) in [6.45, 7) is -1.46. The second-order valence-corrected chi connectivity index (χ2v) is 5.36. The van der Waals surface area contributed by atoms with Crippen LogP contribution < -0.4 is 32.7 Å². The number of aliphatic hydroxyl groups is 2. The van der Waals surface area contributed by atoms with E-state index in [1.54, 1.807) is 5.32 Å². The zero-order valence-electron chi connectivity index (χ0n) is 15.5. The SMILES string of the molecule is NC(=O)NC(=O)NC(CO)C(=O)NCCOCCOCC(=O)NC(CO)C(N)=O. The van der Waals surface area contributed by atoms with Crippen molar-refractivity contribution in [2.24, 2.45) is 11.5 Å². The quantitative estimate of drug-likeness (QED) is 0.124. The predicted molar refractivity (Wildman–Crippen MR) is 95.0 cm³/mol. The van der Waals surface area contributed by atoms with Gasteiger partial charge in [-0.1, -0.05) is 0 Å². The van der Waals surface area contributed by atoms with Crippen LogP contribution >= 0.6 is 0 Å². The number of carbonyl (C=O) groups is 5. The van der Waals surface area contributed by atoms with Gasteiger partial charge in [-0.3, -0.25) is 19.7 Å². The summed E-state index contributed by atoms with van der Waals surface area (Å²) < 4.78 is 10.1. The van der Waals surface area contributed by atoms with E-state index in [2.05, 4.69) is 10.6 Å². The van der Waals surface area contributed by atoms with Gasteiger partial charge in [0, 0.05) is 6.54 Å². The highest BCUT2D eigenvalue weighted by Gasteiger charge is 2.20. The molecule has 0 rings (SSSR count). The maximum absolute atomic E-state index is 11.8. The van der Waals surface area contributed by atoms with Gasteiger partial charge in [-0.15, -0.1) is 0 Å². The Morgan fingerprint density at radius 1 is 0.862 bits per heavy atom. The Hall–Kier alpha value is -3.01. The van der Waals surface area contributed by atoms with Crippen molar-refractivity contribution < 1.29 is 43.7 Å². The summed E-state index contributed by atoms with van der Waals surface area (Å²) in [5, 5.41) is 26.2. The van der Waals surface area contributed by atoms with Gasteiger partial charge in [-0.05, 0) is 0 Å². The summed E-state index contributed by atoms with van der Waals surface area (Å²) in [5.74, 6) is -2.23. The van der Waals surface area contributed by atoms with Gasteiger partial charge in [0.1, 0.15) is 18.7 Å². The lowest BCUT2D eigenvalue weighted by Gasteiger charge is -2.16. The van der Waals surface area contributed by atoms with E-state index < -0.39 is 55.1 Å². The Kier molecular flexibility index (Phi) is 13.4. The molecule has 2 atom stereocenters. The summed E-state index contributed by atoms with van der Waals surface area (Å²) in [6.07, 6.45) is 0. The number of urea groups is 2. The molecule has 10 N–H and O–H groups in total. The molecule has 0 aliphatic heterocycles. The highest BCUT2D eigenvalue weighted by atomic mass is 16.5. The van der Waals surface area contributed by atoms with Gasteiger partial charge in [-0.2, -0.15) is 0 Å². The minimum absolute atomic E-state index is 0.0375. The maximum Gasteiger partial charge on any atom is 0.323 e. The lowest BCUT2D eigenvalue weighted by atomic mass is 10.3. The Balaban J connectivity index is 3.83. The van der Waals surface area contributed by atoms with Crippen molar-refractivity contribution in [3.05, 3.63) is 0 Å². The predicted octanol–water partition coefficient (Wildman–Crippen LogP) is -5.16. The summed E-state index contributed by atoms with van der Waals surface area (Å²) in [6, 6.07) is -4.64. The molecule has 0 aliphatic carbocycles. The summed E-state index contributed by atoms with van der Waals surface area (Å²) in [4.78, 5) is 55.8. The second-order valence-electron chi connectivity index (χ2n) is 5.36. The summed E-state index contributed by atoms with van der Waals surface area (Å²) in [7, 11) is 0. The molecule has 0 saturated carbocycles. The molecule has 0 aromatic rings. The minimum atomic E-state index is -1.29. The molecule has 0 aliphatic rings. The van der Waals surface area contributed by atoms with Gasteiger partial charge in [0.2, 0.25) is 17.7 Å². The molecule has 166 valence electrons. The molecular formula is C14H26N6O9. The molecule has 29 heavy (non-hydrogen) atoms. The number of ether oxygens (including phenoxy) is 2. The van der Waals surface area contributed by atoms with Crippen LogP contribution in [0.15, 0.2) is 0 Å². The highest BCUT2D eigenvalue weighted by molar-refractivity contribution is 5.95. The van der Waals surface area contributed by atoms with Crippen molar-refractivity contribution in [2.75, 3.05) is 46.2 Å². The van der Waals surface area contributed by atoms with Crippen LogP contribution in [-0.2, 0) is 23.9 Å². The third-order valence-corrected chi connectivity index (χ3v) is 3.05. The Morgan fingerprint density at radius 3 is 2.03 bits per heavy atom. The third kappa shape index (κ3) is 12.9. The summed E-state index contributed by atoms with van der Waals surface area (Å²) in [5.41, 5.74) is 9.69. The van der Waals surface area contributed by atoms with E-state index in [-0.39, 0.29) is 33.0 Å². The van der Waals surface area contributed by atoms with E-state index in [4.69, 9.17) is 31.2 Å². The van der Waals surface area contributed by atoms with Crippen molar-refractivity contribution in [1.29, 1.82) is 0 Å². The van der Waals surface area contributed by atoms with Crippen molar-refractivity contribution in [2.45, 2.75) is 12.1 Å². The van der Waals surface area contributed by atoms with E-state index >= 15 is 0 Å². The van der Waals surface area contributed by atoms with Crippen molar-refractivity contribution in [1.82, 2.24) is 21.3 Å². The summed E-state index contributed by atoms with van der Waals surface area (Å²) >= 11 is 0. The molecule has 0 saturated heterocycles. The van der Waals surface area contributed by atoms with Crippen molar-refractivity contribution >= 4 is 29.8 Å². The van der Waals surface area contributed by atoms with Gasteiger partial charge in [0.15, 0.2) is 0 Å². The standard InChI is InChI=1S/C14H26N6O9/c15-11(24)8(5-21)18-10(23)7-29-4-3-28-2-1-17-12(25)9(6-22)19-14(27)20-13(16)26/h8-9,21-22H,1-7H2,(H2,15,24)(H,17,25)(H,18,23)(H4,16,19,20,26,27). The van der Waals surface area contributed by atoms with Crippen molar-refractivity contribution in [3.63, 3.8) is 0 Å². The lowest BCUT2D eigenvalue weighted by molar-refractivity contribution is -0.131. The molecule has 2 unspecified atom stereocenters. The van der Waals surface area contributed by atoms with Crippen LogP contribution in [0.3, 0.4) is 0 Å². The maximum atomic E-state index is 11.8. The first-order valence-electron chi connectivity index (χ1n) is 8.31. The van der Waals surface area contributed by atoms with Crippen molar-refractivity contribution in [3.8, 4) is 0 Å². The van der Waals surface area contributed by atoms with E-state index in [0.717, 1.165) is 0 Å². The van der Waals surface area contributed by atoms with Gasteiger partial charge >= 0.3 is 12.1 Å². The molecule has 0 fully saturated rings. The molecule has 0 heterocycles. The zero-order valence-corrected chi connectivity index (χ0v) is 15.5. The van der Waals surface area contributed by atoms with E-state index in [0.29, 0.717) is 0 Å². The number of hydrogen-bond acceptors (Lipinski definition) is 9. The number of imide groups is 1.